The summed E-state index contributed by atoms with van der Waals surface area (Å²) in [6.45, 7) is 9.99. The van der Waals surface area contributed by atoms with Gasteiger partial charge in [0.2, 0.25) is 0 Å². The highest BCUT2D eigenvalue weighted by molar-refractivity contribution is 5.80. The predicted molar refractivity (Wildman–Crippen MR) is 95.2 cm³/mol. The first-order chi connectivity index (χ1) is 10.6. The van der Waals surface area contributed by atoms with Crippen LogP contribution in [0.3, 0.4) is 0 Å². The summed E-state index contributed by atoms with van der Waals surface area (Å²) < 4.78 is 0. The van der Waals surface area contributed by atoms with Crippen molar-refractivity contribution in [2.75, 3.05) is 0 Å². The van der Waals surface area contributed by atoms with Gasteiger partial charge in [-0.25, -0.2) is 0 Å². The van der Waals surface area contributed by atoms with E-state index in [1.807, 2.05) is 6.92 Å². The molecule has 132 valence electrons. The normalized spacial score (nSPS) is 32.3. The topological polar surface area (TPSA) is 57.5 Å². The third-order valence-electron chi connectivity index (χ3n) is 5.15. The first-order valence-electron chi connectivity index (χ1n) is 8.93. The first kappa shape index (κ1) is 20.1. The van der Waals surface area contributed by atoms with Crippen molar-refractivity contribution in [2.45, 2.75) is 84.8 Å². The number of hydrogen-bond acceptors (Lipinski definition) is 3. The Morgan fingerprint density at radius 1 is 1.17 bits per heavy atom. The molecule has 0 radical (unpaired) electrons. The molecule has 1 aliphatic carbocycles. The number of hydrogen-bond donors (Lipinski definition) is 2. The SMILES string of the molecule is CC1=CC=C(C(C)C)CCC(C)(O)C(O)CCC(C)C(=O)CC1. The molecule has 3 heteroatoms. The summed E-state index contributed by atoms with van der Waals surface area (Å²) in [7, 11) is 0. The molecule has 0 aliphatic heterocycles. The number of aliphatic hydroxyl groups excluding tert-OH is 1. The largest absolute Gasteiger partial charge is 0.390 e. The second-order valence-electron chi connectivity index (χ2n) is 7.73. The van der Waals surface area contributed by atoms with Gasteiger partial charge in [0.25, 0.3) is 0 Å². The Bertz CT molecular complexity index is 458. The molecule has 0 aromatic heterocycles. The minimum absolute atomic E-state index is 0.0574. The fourth-order valence-electron chi connectivity index (χ4n) is 2.91. The molecule has 23 heavy (non-hydrogen) atoms. The molecule has 0 spiro atoms. The van der Waals surface area contributed by atoms with Gasteiger partial charge in [-0.15, -0.1) is 0 Å². The lowest BCUT2D eigenvalue weighted by Gasteiger charge is -2.30. The van der Waals surface area contributed by atoms with Crippen molar-refractivity contribution < 1.29 is 15.0 Å². The van der Waals surface area contributed by atoms with Gasteiger partial charge >= 0.3 is 0 Å². The van der Waals surface area contributed by atoms with Gasteiger partial charge in [-0.05, 0) is 51.9 Å². The molecule has 0 aromatic rings. The Balaban J connectivity index is 3.01. The molecular weight excluding hydrogens is 288 g/mol. The van der Waals surface area contributed by atoms with Gasteiger partial charge in [0, 0.05) is 12.3 Å². The number of Topliss-reactive ketones (excluding diaryl/α,β-unsaturated/α-hetero) is 1. The third-order valence-corrected chi connectivity index (χ3v) is 5.15. The summed E-state index contributed by atoms with van der Waals surface area (Å²) in [5, 5.41) is 20.9. The molecule has 0 amide bonds. The molecule has 3 atom stereocenters. The summed E-state index contributed by atoms with van der Waals surface area (Å²) in [6, 6.07) is 0. The van der Waals surface area contributed by atoms with E-state index < -0.39 is 11.7 Å². The average molecular weight is 322 g/mol. The maximum absolute atomic E-state index is 12.2. The lowest BCUT2D eigenvalue weighted by Crippen LogP contribution is -2.39. The first-order valence-corrected chi connectivity index (χ1v) is 8.93. The van der Waals surface area contributed by atoms with E-state index in [1.165, 1.54) is 11.1 Å². The van der Waals surface area contributed by atoms with E-state index in [4.69, 9.17) is 0 Å². The fourth-order valence-corrected chi connectivity index (χ4v) is 2.91. The van der Waals surface area contributed by atoms with Gasteiger partial charge in [0.1, 0.15) is 5.78 Å². The van der Waals surface area contributed by atoms with Crippen molar-refractivity contribution in [3.05, 3.63) is 23.3 Å². The van der Waals surface area contributed by atoms with Crippen LogP contribution in [0, 0.1) is 11.8 Å². The van der Waals surface area contributed by atoms with Gasteiger partial charge < -0.3 is 10.2 Å². The molecule has 0 fully saturated rings. The second-order valence-corrected chi connectivity index (χ2v) is 7.73. The van der Waals surface area contributed by atoms with Gasteiger partial charge in [-0.3, -0.25) is 4.79 Å². The van der Waals surface area contributed by atoms with Crippen LogP contribution in [-0.4, -0.2) is 27.7 Å². The Morgan fingerprint density at radius 2 is 1.83 bits per heavy atom. The highest BCUT2D eigenvalue weighted by Crippen LogP contribution is 2.27. The third kappa shape index (κ3) is 6.60. The van der Waals surface area contributed by atoms with Crippen molar-refractivity contribution >= 4 is 5.78 Å². The Morgan fingerprint density at radius 3 is 2.43 bits per heavy atom. The summed E-state index contributed by atoms with van der Waals surface area (Å²) in [5.41, 5.74) is 1.38. The highest BCUT2D eigenvalue weighted by atomic mass is 16.3. The molecule has 0 saturated carbocycles. The Hall–Kier alpha value is -0.930. The molecule has 0 aromatic carbocycles. The lowest BCUT2D eigenvalue weighted by atomic mass is 9.84. The van der Waals surface area contributed by atoms with Crippen molar-refractivity contribution in [1.82, 2.24) is 0 Å². The quantitative estimate of drug-likeness (QED) is 0.761. The zero-order valence-corrected chi connectivity index (χ0v) is 15.4. The van der Waals surface area contributed by atoms with Crippen molar-refractivity contribution in [3.63, 3.8) is 0 Å². The van der Waals surface area contributed by atoms with Crippen molar-refractivity contribution in [3.8, 4) is 0 Å². The molecule has 1 rings (SSSR count). The van der Waals surface area contributed by atoms with E-state index in [2.05, 4.69) is 32.9 Å². The minimum atomic E-state index is -1.11. The zero-order valence-electron chi connectivity index (χ0n) is 15.4. The van der Waals surface area contributed by atoms with Crippen LogP contribution in [0.4, 0.5) is 0 Å². The van der Waals surface area contributed by atoms with Crippen LogP contribution in [0.5, 0.6) is 0 Å². The molecule has 1 aliphatic rings. The standard InChI is InChI=1S/C20H34O3/c1-14(2)17-9-6-15(3)7-10-18(21)16(4)8-11-19(22)20(5,23)13-12-17/h6,9,14,16,19,22-23H,7-8,10-13H2,1-5H3. The number of carbonyl (C=O) groups is 1. The fraction of sp³-hybridized carbons (Fsp3) is 0.750. The van der Waals surface area contributed by atoms with E-state index in [1.54, 1.807) is 6.92 Å². The number of allylic oxidation sites excluding steroid dienone is 4. The van der Waals surface area contributed by atoms with Crippen molar-refractivity contribution in [1.29, 1.82) is 0 Å². The maximum Gasteiger partial charge on any atom is 0.136 e. The predicted octanol–water partition coefficient (Wildman–Crippen LogP) is 4.19. The summed E-state index contributed by atoms with van der Waals surface area (Å²) in [5.74, 6) is 0.592. The summed E-state index contributed by atoms with van der Waals surface area (Å²) >= 11 is 0. The minimum Gasteiger partial charge on any atom is -0.390 e. The van der Waals surface area contributed by atoms with Crippen LogP contribution in [0.1, 0.15) is 73.1 Å². The van der Waals surface area contributed by atoms with E-state index >= 15 is 0 Å². The lowest BCUT2D eigenvalue weighted by molar-refractivity contribution is -0.123. The summed E-state index contributed by atoms with van der Waals surface area (Å²) in [6.07, 6.45) is 7.21. The number of rotatable bonds is 1. The van der Waals surface area contributed by atoms with Gasteiger partial charge in [0.15, 0.2) is 0 Å². The van der Waals surface area contributed by atoms with Gasteiger partial charge in [-0.1, -0.05) is 44.1 Å². The van der Waals surface area contributed by atoms with Gasteiger partial charge in [0.05, 0.1) is 11.7 Å². The van der Waals surface area contributed by atoms with E-state index in [0.717, 1.165) is 12.8 Å². The molecule has 0 heterocycles. The highest BCUT2D eigenvalue weighted by Gasteiger charge is 2.31. The van der Waals surface area contributed by atoms with Crippen LogP contribution in [0.15, 0.2) is 23.3 Å². The molecule has 2 N–H and O–H groups in total. The van der Waals surface area contributed by atoms with Crippen LogP contribution in [0.25, 0.3) is 0 Å². The Kier molecular flexibility index (Phi) is 7.69. The van der Waals surface area contributed by atoms with E-state index in [0.29, 0.717) is 31.6 Å². The van der Waals surface area contributed by atoms with Crippen LogP contribution >= 0.6 is 0 Å². The molecule has 3 nitrogen and oxygen atoms in total. The van der Waals surface area contributed by atoms with Crippen LogP contribution < -0.4 is 0 Å². The molecule has 0 saturated heterocycles. The van der Waals surface area contributed by atoms with Crippen molar-refractivity contribution in [2.24, 2.45) is 11.8 Å². The number of ketones is 1. The number of carbonyl (C=O) groups excluding carboxylic acids is 1. The average Bonchev–Trinajstić information content (AvgIpc) is 2.48. The Labute approximate surface area is 141 Å². The van der Waals surface area contributed by atoms with E-state index in [-0.39, 0.29) is 11.7 Å². The maximum atomic E-state index is 12.2. The zero-order chi connectivity index (χ0) is 17.6. The molecular formula is C20H34O3. The monoisotopic (exact) mass is 322 g/mol. The number of aliphatic hydroxyl groups is 2. The smallest absolute Gasteiger partial charge is 0.136 e. The van der Waals surface area contributed by atoms with Crippen LogP contribution in [-0.2, 0) is 4.79 Å². The second kappa shape index (κ2) is 8.79. The van der Waals surface area contributed by atoms with Gasteiger partial charge in [-0.2, -0.15) is 0 Å². The van der Waals surface area contributed by atoms with E-state index in [9.17, 15) is 15.0 Å². The summed E-state index contributed by atoms with van der Waals surface area (Å²) in [4.78, 5) is 12.2. The van der Waals surface area contributed by atoms with Crippen LogP contribution in [0.2, 0.25) is 0 Å². The molecule has 3 unspecified atom stereocenters. The molecule has 0 bridgehead atoms.